The van der Waals surface area contributed by atoms with Crippen molar-refractivity contribution in [3.8, 4) is 0 Å². The highest BCUT2D eigenvalue weighted by Gasteiger charge is 2.33. The third-order valence-corrected chi connectivity index (χ3v) is 8.03. The van der Waals surface area contributed by atoms with Gasteiger partial charge in [-0.1, -0.05) is 53.0 Å². The summed E-state index contributed by atoms with van der Waals surface area (Å²) in [6.45, 7) is 2.35. The molecule has 1 saturated heterocycles. The van der Waals surface area contributed by atoms with Crippen LogP contribution in [0.15, 0.2) is 47.4 Å². The predicted molar refractivity (Wildman–Crippen MR) is 116 cm³/mol. The van der Waals surface area contributed by atoms with Crippen LogP contribution in [0.1, 0.15) is 31.4 Å². The molecule has 0 spiro atoms. The first kappa shape index (κ1) is 22.4. The Bertz CT molecular complexity index is 1010. The number of carbonyl (C=O) groups is 1. The van der Waals surface area contributed by atoms with Gasteiger partial charge in [-0.25, -0.2) is 8.42 Å². The average Bonchev–Trinajstić information content (AvgIpc) is 2.70. The van der Waals surface area contributed by atoms with Gasteiger partial charge in [-0.05, 0) is 49.6 Å². The van der Waals surface area contributed by atoms with E-state index in [4.69, 9.17) is 34.8 Å². The topological polar surface area (TPSA) is 66.5 Å². The number of halogens is 3. The summed E-state index contributed by atoms with van der Waals surface area (Å²) < 4.78 is 27.2. The van der Waals surface area contributed by atoms with Gasteiger partial charge in [0.25, 0.3) is 0 Å². The van der Waals surface area contributed by atoms with E-state index < -0.39 is 10.0 Å². The molecule has 0 aliphatic carbocycles. The smallest absolute Gasteiger partial charge is 0.244 e. The Kier molecular flexibility index (Phi) is 7.12. The molecule has 0 bridgehead atoms. The van der Waals surface area contributed by atoms with Gasteiger partial charge >= 0.3 is 0 Å². The number of benzene rings is 2. The molecule has 0 aromatic heterocycles. The highest BCUT2D eigenvalue weighted by Crippen LogP contribution is 2.31. The molecule has 0 radical (unpaired) electrons. The van der Waals surface area contributed by atoms with Crippen LogP contribution in [-0.4, -0.2) is 31.7 Å². The Morgan fingerprint density at radius 1 is 1.07 bits per heavy atom. The highest BCUT2D eigenvalue weighted by atomic mass is 35.5. The number of carbonyl (C=O) groups excluding carboxylic acids is 1. The molecule has 1 unspecified atom stereocenters. The van der Waals surface area contributed by atoms with Gasteiger partial charge in [0.2, 0.25) is 15.9 Å². The molecular weight excluding hydrogens is 455 g/mol. The molecule has 1 aliphatic rings. The molecule has 1 N–H and O–H groups in total. The van der Waals surface area contributed by atoms with Crippen molar-refractivity contribution in [2.45, 2.75) is 30.7 Å². The van der Waals surface area contributed by atoms with Crippen LogP contribution >= 0.6 is 34.8 Å². The van der Waals surface area contributed by atoms with Gasteiger partial charge in [-0.3, -0.25) is 4.79 Å². The number of nitrogens with zero attached hydrogens (tertiary/aromatic N) is 1. The molecular formula is C20H21Cl3N2O3S. The number of amides is 1. The second kappa shape index (κ2) is 9.23. The van der Waals surface area contributed by atoms with Crippen LogP contribution in [0, 0.1) is 5.92 Å². The first-order valence-corrected chi connectivity index (χ1v) is 11.8. The molecule has 1 amide bonds. The lowest BCUT2D eigenvalue weighted by Gasteiger charge is -2.31. The lowest BCUT2D eigenvalue weighted by Crippen LogP contribution is -2.43. The first-order chi connectivity index (χ1) is 13.7. The Balaban J connectivity index is 1.63. The minimum atomic E-state index is -3.77. The van der Waals surface area contributed by atoms with Crippen molar-refractivity contribution >= 4 is 50.7 Å². The fourth-order valence-electron chi connectivity index (χ4n) is 3.41. The van der Waals surface area contributed by atoms with Gasteiger partial charge in [0.15, 0.2) is 0 Å². The highest BCUT2D eigenvalue weighted by molar-refractivity contribution is 7.89. The largest absolute Gasteiger partial charge is 0.349 e. The number of hydrogen-bond acceptors (Lipinski definition) is 3. The monoisotopic (exact) mass is 474 g/mol. The van der Waals surface area contributed by atoms with Crippen LogP contribution in [0.4, 0.5) is 0 Å². The Morgan fingerprint density at radius 3 is 2.38 bits per heavy atom. The quantitative estimate of drug-likeness (QED) is 0.667. The molecule has 1 heterocycles. The maximum atomic E-state index is 12.9. The van der Waals surface area contributed by atoms with Crippen LogP contribution in [0.3, 0.4) is 0 Å². The zero-order chi connectivity index (χ0) is 21.2. The molecule has 0 saturated carbocycles. The second-order valence-corrected chi connectivity index (χ2v) is 10.2. The molecule has 1 atom stereocenters. The third-order valence-electron chi connectivity index (χ3n) is 5.07. The molecule has 156 valence electrons. The summed E-state index contributed by atoms with van der Waals surface area (Å²) in [5.41, 5.74) is 0.845. The molecule has 3 rings (SSSR count). The number of sulfonamides is 1. The summed E-state index contributed by atoms with van der Waals surface area (Å²) in [5, 5.41) is 4.00. The number of piperidine rings is 1. The Labute approximate surface area is 186 Å². The normalized spacial score (nSPS) is 17.1. The Hall–Kier alpha value is -1.31. The summed E-state index contributed by atoms with van der Waals surface area (Å²) in [4.78, 5) is 12.6. The molecule has 1 fully saturated rings. The van der Waals surface area contributed by atoms with Crippen LogP contribution in [-0.2, 0) is 14.8 Å². The van der Waals surface area contributed by atoms with E-state index in [2.05, 4.69) is 5.32 Å². The standard InChI is InChI=1S/C20H21Cl3N2O3S/c1-13(16-4-2-3-5-17(16)22)24-20(26)14-8-10-25(11-9-14)29(27,28)19-12-15(21)6-7-18(19)23/h2-7,12-14H,8-11H2,1H3,(H,24,26). The zero-order valence-corrected chi connectivity index (χ0v) is 18.8. The van der Waals surface area contributed by atoms with Crippen molar-refractivity contribution in [3.05, 3.63) is 63.1 Å². The van der Waals surface area contributed by atoms with Crippen molar-refractivity contribution in [3.63, 3.8) is 0 Å². The third kappa shape index (κ3) is 5.06. The van der Waals surface area contributed by atoms with Gasteiger partial charge in [0.1, 0.15) is 4.90 Å². The van der Waals surface area contributed by atoms with E-state index in [0.29, 0.717) is 22.9 Å². The number of nitrogens with one attached hydrogen (secondary N) is 1. The maximum Gasteiger partial charge on any atom is 0.244 e. The lowest BCUT2D eigenvalue weighted by molar-refractivity contribution is -0.126. The fraction of sp³-hybridized carbons (Fsp3) is 0.350. The number of rotatable bonds is 5. The van der Waals surface area contributed by atoms with Gasteiger partial charge < -0.3 is 5.32 Å². The van der Waals surface area contributed by atoms with Crippen LogP contribution in [0.5, 0.6) is 0 Å². The first-order valence-electron chi connectivity index (χ1n) is 9.20. The summed E-state index contributed by atoms with van der Waals surface area (Å²) in [7, 11) is -3.77. The van der Waals surface area contributed by atoms with Crippen LogP contribution in [0.2, 0.25) is 15.1 Å². The molecule has 2 aromatic rings. The van der Waals surface area contributed by atoms with Crippen LogP contribution < -0.4 is 5.32 Å². The summed E-state index contributed by atoms with van der Waals surface area (Å²) in [6, 6.07) is 11.5. The summed E-state index contributed by atoms with van der Waals surface area (Å²) >= 11 is 18.2. The summed E-state index contributed by atoms with van der Waals surface area (Å²) in [5.74, 6) is -0.364. The summed E-state index contributed by atoms with van der Waals surface area (Å²) in [6.07, 6.45) is 0.858. The minimum absolute atomic E-state index is 0.0121. The van der Waals surface area contributed by atoms with Gasteiger partial charge in [-0.2, -0.15) is 4.31 Å². The van der Waals surface area contributed by atoms with Crippen molar-refractivity contribution in [1.29, 1.82) is 0 Å². The van der Waals surface area contributed by atoms with Crippen molar-refractivity contribution in [2.75, 3.05) is 13.1 Å². The molecule has 5 nitrogen and oxygen atoms in total. The van der Waals surface area contributed by atoms with Crippen molar-refractivity contribution in [2.24, 2.45) is 5.92 Å². The number of hydrogen-bond donors (Lipinski definition) is 1. The molecule has 2 aromatic carbocycles. The van der Waals surface area contributed by atoms with E-state index >= 15 is 0 Å². The zero-order valence-electron chi connectivity index (χ0n) is 15.7. The van der Waals surface area contributed by atoms with E-state index in [1.807, 2.05) is 25.1 Å². The van der Waals surface area contributed by atoms with Gasteiger partial charge in [0, 0.05) is 29.1 Å². The SMILES string of the molecule is CC(NC(=O)C1CCN(S(=O)(=O)c2cc(Cl)ccc2Cl)CC1)c1ccccc1Cl. The van der Waals surface area contributed by atoms with E-state index in [1.165, 1.54) is 16.4 Å². The molecule has 29 heavy (non-hydrogen) atoms. The Morgan fingerprint density at radius 2 is 1.72 bits per heavy atom. The van der Waals surface area contributed by atoms with Gasteiger partial charge in [0.05, 0.1) is 11.1 Å². The van der Waals surface area contributed by atoms with E-state index in [-0.39, 0.29) is 40.9 Å². The van der Waals surface area contributed by atoms with E-state index in [9.17, 15) is 13.2 Å². The minimum Gasteiger partial charge on any atom is -0.349 e. The van der Waals surface area contributed by atoms with Gasteiger partial charge in [-0.15, -0.1) is 0 Å². The van der Waals surface area contributed by atoms with Crippen molar-refractivity contribution in [1.82, 2.24) is 9.62 Å². The predicted octanol–water partition coefficient (Wildman–Crippen LogP) is 4.92. The van der Waals surface area contributed by atoms with E-state index in [0.717, 1.165) is 5.56 Å². The van der Waals surface area contributed by atoms with Crippen molar-refractivity contribution < 1.29 is 13.2 Å². The van der Waals surface area contributed by atoms with Crippen LogP contribution in [0.25, 0.3) is 0 Å². The van der Waals surface area contributed by atoms with E-state index in [1.54, 1.807) is 12.1 Å². The maximum absolute atomic E-state index is 12.9. The second-order valence-electron chi connectivity index (χ2n) is 7.00. The molecule has 9 heteroatoms. The molecule has 1 aliphatic heterocycles. The fourth-order valence-corrected chi connectivity index (χ4v) is 5.91. The lowest BCUT2D eigenvalue weighted by atomic mass is 9.96. The average molecular weight is 476 g/mol.